The molecule has 112 valence electrons. The first-order valence-corrected chi connectivity index (χ1v) is 7.49. The van der Waals surface area contributed by atoms with Crippen molar-refractivity contribution in [3.63, 3.8) is 0 Å². The monoisotopic (exact) mass is 320 g/mol. The molecule has 1 heterocycles. The second kappa shape index (κ2) is 4.68. The van der Waals surface area contributed by atoms with Gasteiger partial charge in [0.25, 0.3) is 16.2 Å². The topological polar surface area (TPSA) is 127 Å². The molecule has 1 atom stereocenters. The van der Waals surface area contributed by atoms with Gasteiger partial charge < -0.3 is 0 Å². The fourth-order valence-electron chi connectivity index (χ4n) is 2.25. The number of nitro groups is 1. The molecule has 2 aromatic rings. The molecular formula is C13H8N2O6S. The highest BCUT2D eigenvalue weighted by molar-refractivity contribution is 7.85. The third kappa shape index (κ3) is 2.26. The van der Waals surface area contributed by atoms with Gasteiger partial charge in [0.15, 0.2) is 0 Å². The first-order valence-electron chi connectivity index (χ1n) is 6.05. The number of aromatic nitrogens is 1. The maximum Gasteiger partial charge on any atom is 0.294 e. The number of fused-ring (bicyclic) bond motifs is 2. The molecule has 22 heavy (non-hydrogen) atoms. The largest absolute Gasteiger partial charge is 0.294 e. The normalized spacial score (nSPS) is 17.5. The van der Waals surface area contributed by atoms with Crippen molar-refractivity contribution >= 4 is 32.9 Å². The smallest absolute Gasteiger partial charge is 0.286 e. The van der Waals surface area contributed by atoms with E-state index in [0.29, 0.717) is 10.9 Å². The molecule has 0 bridgehead atoms. The first kappa shape index (κ1) is 14.3. The second-order valence-corrected chi connectivity index (χ2v) is 6.13. The average Bonchev–Trinajstić information content (AvgIpc) is 2.44. The van der Waals surface area contributed by atoms with Crippen LogP contribution in [0.15, 0.2) is 35.2 Å². The highest BCUT2D eigenvalue weighted by Gasteiger charge is 2.33. The minimum absolute atomic E-state index is 0.0455. The molecule has 9 heteroatoms. The van der Waals surface area contributed by atoms with Crippen LogP contribution in [0, 0.1) is 10.1 Å². The van der Waals surface area contributed by atoms with Crippen molar-refractivity contribution in [1.82, 2.24) is 4.98 Å². The third-order valence-corrected chi connectivity index (χ3v) is 4.16. The summed E-state index contributed by atoms with van der Waals surface area (Å²) in [5, 5.41) is 11.1. The van der Waals surface area contributed by atoms with Gasteiger partial charge in [-0.1, -0.05) is 0 Å². The molecule has 0 fully saturated rings. The van der Waals surface area contributed by atoms with Crippen molar-refractivity contribution < 1.29 is 22.7 Å². The third-order valence-electron chi connectivity index (χ3n) is 3.31. The number of rotatable bonds is 2. The van der Waals surface area contributed by atoms with Crippen LogP contribution >= 0.6 is 0 Å². The van der Waals surface area contributed by atoms with Crippen LogP contribution in [0.25, 0.3) is 17.0 Å². The highest BCUT2D eigenvalue weighted by atomic mass is 32.2. The zero-order valence-electron chi connectivity index (χ0n) is 10.8. The summed E-state index contributed by atoms with van der Waals surface area (Å²) >= 11 is 0. The van der Waals surface area contributed by atoms with Gasteiger partial charge in [0.05, 0.1) is 21.7 Å². The van der Waals surface area contributed by atoms with E-state index >= 15 is 0 Å². The van der Waals surface area contributed by atoms with E-state index in [2.05, 4.69) is 4.98 Å². The van der Waals surface area contributed by atoms with Gasteiger partial charge in [0.2, 0.25) is 5.78 Å². The zero-order valence-corrected chi connectivity index (χ0v) is 11.6. The van der Waals surface area contributed by atoms with Crippen molar-refractivity contribution in [3.05, 3.63) is 51.7 Å². The summed E-state index contributed by atoms with van der Waals surface area (Å²) in [6, 6.07) is 3.60. The standard InChI is InChI=1S/C13H8N2O6S/c16-13-9-6-7-5-8(22(19,20)21)1-2-10(7)14-11(9)3-4-12(13)15(17)18/h1-6,12H,(H,19,20,21). The van der Waals surface area contributed by atoms with Crippen LogP contribution in [0.4, 0.5) is 0 Å². The van der Waals surface area contributed by atoms with E-state index in [-0.39, 0.29) is 16.2 Å². The Bertz CT molecular complexity index is 964. The Morgan fingerprint density at radius 3 is 2.64 bits per heavy atom. The van der Waals surface area contributed by atoms with Crippen molar-refractivity contribution in [2.24, 2.45) is 0 Å². The lowest BCUT2D eigenvalue weighted by Gasteiger charge is -2.13. The van der Waals surface area contributed by atoms with Crippen LogP contribution in [0.1, 0.15) is 16.1 Å². The summed E-state index contributed by atoms with van der Waals surface area (Å²) in [5.41, 5.74) is 0.738. The number of benzene rings is 1. The van der Waals surface area contributed by atoms with Crippen molar-refractivity contribution in [2.45, 2.75) is 10.9 Å². The Kier molecular flexibility index (Phi) is 3.04. The summed E-state index contributed by atoms with van der Waals surface area (Å²) in [5.74, 6) is -0.714. The number of carbonyl (C=O) groups excluding carboxylic acids is 1. The molecule has 0 spiro atoms. The predicted octanol–water partition coefficient (Wildman–Crippen LogP) is 1.34. The van der Waals surface area contributed by atoms with Crippen molar-refractivity contribution in [3.8, 4) is 0 Å². The van der Waals surface area contributed by atoms with E-state index in [1.165, 1.54) is 24.3 Å². The van der Waals surface area contributed by atoms with E-state index in [1.807, 2.05) is 0 Å². The van der Waals surface area contributed by atoms with Crippen LogP contribution in [0.2, 0.25) is 0 Å². The van der Waals surface area contributed by atoms with Gasteiger partial charge >= 0.3 is 0 Å². The summed E-state index contributed by atoms with van der Waals surface area (Å²) in [7, 11) is -4.39. The molecule has 1 aliphatic carbocycles. The summed E-state index contributed by atoms with van der Waals surface area (Å²) in [6.07, 6.45) is 2.55. The lowest BCUT2D eigenvalue weighted by Crippen LogP contribution is -2.30. The van der Waals surface area contributed by atoms with Crippen molar-refractivity contribution in [1.29, 1.82) is 0 Å². The number of carbonyl (C=O) groups is 1. The SMILES string of the molecule is O=C1c2cc3cc(S(=O)(=O)O)ccc3nc2C=CC1[N+](=O)[O-]. The molecule has 0 radical (unpaired) electrons. The lowest BCUT2D eigenvalue weighted by molar-refractivity contribution is -0.492. The van der Waals surface area contributed by atoms with Gasteiger partial charge in [-0.3, -0.25) is 19.5 Å². The molecule has 1 aromatic heterocycles. The fourth-order valence-corrected chi connectivity index (χ4v) is 2.77. The van der Waals surface area contributed by atoms with E-state index < -0.39 is 26.9 Å². The maximum atomic E-state index is 12.1. The zero-order chi connectivity index (χ0) is 16.1. The van der Waals surface area contributed by atoms with E-state index in [9.17, 15) is 23.3 Å². The predicted molar refractivity (Wildman–Crippen MR) is 75.7 cm³/mol. The van der Waals surface area contributed by atoms with Gasteiger partial charge in [0.1, 0.15) is 0 Å². The fraction of sp³-hybridized carbons (Fsp3) is 0.0769. The first-order chi connectivity index (χ1) is 10.3. The van der Waals surface area contributed by atoms with Gasteiger partial charge in [-0.05, 0) is 36.4 Å². The van der Waals surface area contributed by atoms with Crippen LogP contribution in [0.3, 0.4) is 0 Å². The second-order valence-electron chi connectivity index (χ2n) is 4.70. The van der Waals surface area contributed by atoms with E-state index in [0.717, 1.165) is 12.1 Å². The summed E-state index contributed by atoms with van der Waals surface area (Å²) in [6.45, 7) is 0. The van der Waals surface area contributed by atoms with Gasteiger partial charge in [-0.25, -0.2) is 4.98 Å². The Morgan fingerprint density at radius 1 is 1.27 bits per heavy atom. The number of ketones is 1. The summed E-state index contributed by atoms with van der Waals surface area (Å²) < 4.78 is 31.3. The van der Waals surface area contributed by atoms with Crippen LogP contribution in [-0.2, 0) is 10.1 Å². The molecule has 1 aromatic carbocycles. The van der Waals surface area contributed by atoms with Crippen LogP contribution < -0.4 is 0 Å². The van der Waals surface area contributed by atoms with Crippen molar-refractivity contribution in [2.75, 3.05) is 0 Å². The molecule has 0 saturated heterocycles. The molecular weight excluding hydrogens is 312 g/mol. The Labute approximate surface area is 124 Å². The Morgan fingerprint density at radius 2 is 2.00 bits per heavy atom. The number of nitrogens with zero attached hydrogens (tertiary/aromatic N) is 2. The minimum atomic E-state index is -4.39. The summed E-state index contributed by atoms with van der Waals surface area (Å²) in [4.78, 5) is 26.0. The highest BCUT2D eigenvalue weighted by Crippen LogP contribution is 2.25. The van der Waals surface area contributed by atoms with Crippen LogP contribution in [0.5, 0.6) is 0 Å². The van der Waals surface area contributed by atoms with Gasteiger partial charge in [0, 0.05) is 10.3 Å². The van der Waals surface area contributed by atoms with Crippen LogP contribution in [-0.4, -0.2) is 34.7 Å². The molecule has 3 rings (SSSR count). The molecule has 0 amide bonds. The molecule has 1 aliphatic rings. The van der Waals surface area contributed by atoms with E-state index in [4.69, 9.17) is 4.55 Å². The number of pyridine rings is 1. The Balaban J connectivity index is 2.23. The lowest BCUT2D eigenvalue weighted by atomic mass is 9.95. The average molecular weight is 320 g/mol. The molecule has 0 aliphatic heterocycles. The Hall–Kier alpha value is -2.65. The molecule has 8 nitrogen and oxygen atoms in total. The number of hydrogen-bond donors (Lipinski definition) is 1. The van der Waals surface area contributed by atoms with E-state index in [1.54, 1.807) is 0 Å². The number of Topliss-reactive ketones (excluding diaryl/α,β-unsaturated/α-hetero) is 1. The van der Waals surface area contributed by atoms with Gasteiger partial charge in [-0.15, -0.1) is 0 Å². The molecule has 0 saturated carbocycles. The molecule has 1 N–H and O–H groups in total. The minimum Gasteiger partial charge on any atom is -0.286 e. The maximum absolute atomic E-state index is 12.1. The molecule has 1 unspecified atom stereocenters. The number of hydrogen-bond acceptors (Lipinski definition) is 6. The van der Waals surface area contributed by atoms with Gasteiger partial charge in [-0.2, -0.15) is 8.42 Å². The quantitative estimate of drug-likeness (QED) is 0.502.